The Morgan fingerprint density at radius 3 is 2.50 bits per heavy atom. The number of esters is 1. The largest absolute Gasteiger partial charge is 0.508 e. The van der Waals surface area contributed by atoms with Crippen LogP contribution in [0.1, 0.15) is 33.2 Å². The summed E-state index contributed by atoms with van der Waals surface area (Å²) in [4.78, 5) is 12.1. The highest BCUT2D eigenvalue weighted by Gasteiger charge is 2.30. The van der Waals surface area contributed by atoms with Crippen LogP contribution in [0.4, 0.5) is 0 Å². The zero-order chi connectivity index (χ0) is 14.3. The molecule has 102 valence electrons. The summed E-state index contributed by atoms with van der Waals surface area (Å²) in [5.41, 5.74) is 2.86. The highest BCUT2D eigenvalue weighted by Crippen LogP contribution is 2.36. The molecule has 1 unspecified atom stereocenters. The number of phenols is 2. The van der Waals surface area contributed by atoms with Crippen molar-refractivity contribution in [2.75, 3.05) is 0 Å². The van der Waals surface area contributed by atoms with Crippen LogP contribution < -0.4 is 0 Å². The fourth-order valence-electron chi connectivity index (χ4n) is 2.52. The van der Waals surface area contributed by atoms with Gasteiger partial charge >= 0.3 is 5.97 Å². The maximum Gasteiger partial charge on any atom is 0.342 e. The van der Waals surface area contributed by atoms with E-state index in [1.165, 1.54) is 6.07 Å². The molecule has 1 atom stereocenters. The lowest BCUT2D eigenvalue weighted by Crippen LogP contribution is -2.22. The van der Waals surface area contributed by atoms with Crippen molar-refractivity contribution in [3.63, 3.8) is 0 Å². The number of fused-ring (bicyclic) bond motifs is 1. The molecule has 0 bridgehead atoms. The summed E-state index contributed by atoms with van der Waals surface area (Å²) < 4.78 is 5.39. The smallest absolute Gasteiger partial charge is 0.342 e. The molecule has 0 aromatic heterocycles. The Morgan fingerprint density at radius 1 is 1.10 bits per heavy atom. The molecule has 0 fully saturated rings. The minimum Gasteiger partial charge on any atom is -0.508 e. The second kappa shape index (κ2) is 4.56. The Labute approximate surface area is 116 Å². The minimum atomic E-state index is -0.509. The van der Waals surface area contributed by atoms with Crippen LogP contribution in [0.5, 0.6) is 11.5 Å². The van der Waals surface area contributed by atoms with E-state index < -0.39 is 12.1 Å². The molecule has 0 saturated heterocycles. The zero-order valence-electron chi connectivity index (χ0n) is 11.0. The van der Waals surface area contributed by atoms with Gasteiger partial charge in [-0.25, -0.2) is 4.79 Å². The van der Waals surface area contributed by atoms with Gasteiger partial charge in [-0.05, 0) is 41.8 Å². The Hall–Kier alpha value is -2.49. The molecule has 2 aromatic carbocycles. The lowest BCUT2D eigenvalue weighted by molar-refractivity contribution is 0.0247. The first-order valence-corrected chi connectivity index (χ1v) is 6.37. The normalized spacial score (nSPS) is 17.4. The maximum absolute atomic E-state index is 12.1. The molecule has 2 aromatic rings. The third-order valence-electron chi connectivity index (χ3n) is 3.63. The van der Waals surface area contributed by atoms with Crippen LogP contribution in [0, 0.1) is 6.92 Å². The van der Waals surface area contributed by atoms with Gasteiger partial charge in [-0.2, -0.15) is 0 Å². The van der Waals surface area contributed by atoms with E-state index in [0.717, 1.165) is 16.7 Å². The second-order valence-corrected chi connectivity index (χ2v) is 4.94. The van der Waals surface area contributed by atoms with E-state index in [9.17, 15) is 15.0 Å². The molecule has 1 aliphatic rings. The third kappa shape index (κ3) is 1.99. The molecule has 2 N–H and O–H groups in total. The van der Waals surface area contributed by atoms with Crippen LogP contribution in [-0.2, 0) is 11.2 Å². The maximum atomic E-state index is 12.1. The number of cyclic esters (lactones) is 1. The third-order valence-corrected chi connectivity index (χ3v) is 3.63. The molecule has 0 amide bonds. The Bertz CT molecular complexity index is 674. The molecule has 3 rings (SSSR count). The van der Waals surface area contributed by atoms with Crippen LogP contribution in [0.15, 0.2) is 36.4 Å². The SMILES string of the molecule is Cc1ccc(O)c2c1CC(c1ccc(O)cc1)OC2=O. The summed E-state index contributed by atoms with van der Waals surface area (Å²) in [6.07, 6.45) is 0.127. The van der Waals surface area contributed by atoms with Crippen molar-refractivity contribution in [3.05, 3.63) is 58.7 Å². The second-order valence-electron chi connectivity index (χ2n) is 4.94. The van der Waals surface area contributed by atoms with Crippen LogP contribution >= 0.6 is 0 Å². The van der Waals surface area contributed by atoms with Gasteiger partial charge in [-0.1, -0.05) is 18.2 Å². The van der Waals surface area contributed by atoms with Gasteiger partial charge in [-0.3, -0.25) is 0 Å². The number of rotatable bonds is 1. The molecule has 4 heteroatoms. The number of carbonyl (C=O) groups excluding carboxylic acids is 1. The highest BCUT2D eigenvalue weighted by atomic mass is 16.5. The summed E-state index contributed by atoms with van der Waals surface area (Å²) >= 11 is 0. The summed E-state index contributed by atoms with van der Waals surface area (Å²) in [6.45, 7) is 1.91. The van der Waals surface area contributed by atoms with Crippen molar-refractivity contribution in [1.82, 2.24) is 0 Å². The number of hydrogen-bond donors (Lipinski definition) is 2. The number of hydrogen-bond acceptors (Lipinski definition) is 4. The van der Waals surface area contributed by atoms with E-state index in [2.05, 4.69) is 0 Å². The van der Waals surface area contributed by atoms with Gasteiger partial charge in [0.1, 0.15) is 23.2 Å². The zero-order valence-corrected chi connectivity index (χ0v) is 11.0. The van der Waals surface area contributed by atoms with Crippen molar-refractivity contribution < 1.29 is 19.7 Å². The van der Waals surface area contributed by atoms with Crippen LogP contribution in [0.3, 0.4) is 0 Å². The van der Waals surface area contributed by atoms with E-state index >= 15 is 0 Å². The van der Waals surface area contributed by atoms with Crippen molar-refractivity contribution in [1.29, 1.82) is 0 Å². The Balaban J connectivity index is 2.02. The standard InChI is InChI=1S/C16H14O4/c1-9-2-7-13(18)15-12(9)8-14(20-16(15)19)10-3-5-11(17)6-4-10/h2-7,14,17-18H,8H2,1H3. The number of ether oxygens (including phenoxy) is 1. The average molecular weight is 270 g/mol. The van der Waals surface area contributed by atoms with Gasteiger partial charge in [0.05, 0.1) is 0 Å². The Morgan fingerprint density at radius 2 is 1.80 bits per heavy atom. The van der Waals surface area contributed by atoms with Gasteiger partial charge in [0.2, 0.25) is 0 Å². The first-order valence-electron chi connectivity index (χ1n) is 6.37. The topological polar surface area (TPSA) is 66.8 Å². The molecular weight excluding hydrogens is 256 g/mol. The lowest BCUT2D eigenvalue weighted by atomic mass is 9.91. The molecular formula is C16H14O4. The Kier molecular flexibility index (Phi) is 2.86. The van der Waals surface area contributed by atoms with Crippen molar-refractivity contribution >= 4 is 5.97 Å². The van der Waals surface area contributed by atoms with E-state index in [-0.39, 0.29) is 17.1 Å². The first-order chi connectivity index (χ1) is 9.56. The quantitative estimate of drug-likeness (QED) is 0.782. The number of aryl methyl sites for hydroxylation is 1. The van der Waals surface area contributed by atoms with Gasteiger partial charge < -0.3 is 14.9 Å². The molecule has 1 heterocycles. The predicted octanol–water partition coefficient (Wildman–Crippen LogP) is 2.86. The van der Waals surface area contributed by atoms with Crippen molar-refractivity contribution in [3.8, 4) is 11.5 Å². The van der Waals surface area contributed by atoms with E-state index in [1.807, 2.05) is 6.92 Å². The minimum absolute atomic E-state index is 0.0419. The fourth-order valence-corrected chi connectivity index (χ4v) is 2.52. The number of benzene rings is 2. The molecule has 0 aliphatic carbocycles. The van der Waals surface area contributed by atoms with Crippen molar-refractivity contribution in [2.24, 2.45) is 0 Å². The summed E-state index contributed by atoms with van der Waals surface area (Å²) in [5.74, 6) is -0.379. The van der Waals surface area contributed by atoms with Gasteiger partial charge in [0, 0.05) is 6.42 Å². The van der Waals surface area contributed by atoms with Crippen LogP contribution in [-0.4, -0.2) is 16.2 Å². The van der Waals surface area contributed by atoms with E-state index in [0.29, 0.717) is 6.42 Å². The summed E-state index contributed by atoms with van der Waals surface area (Å²) in [6, 6.07) is 9.89. The molecule has 0 spiro atoms. The first kappa shape index (κ1) is 12.5. The van der Waals surface area contributed by atoms with E-state index in [4.69, 9.17) is 4.74 Å². The predicted molar refractivity (Wildman–Crippen MR) is 72.8 cm³/mol. The molecule has 0 saturated carbocycles. The van der Waals surface area contributed by atoms with Crippen LogP contribution in [0.25, 0.3) is 0 Å². The number of aromatic hydroxyl groups is 2. The molecule has 0 radical (unpaired) electrons. The highest BCUT2D eigenvalue weighted by molar-refractivity contribution is 5.95. The van der Waals surface area contributed by atoms with Crippen molar-refractivity contribution in [2.45, 2.75) is 19.4 Å². The number of carbonyl (C=O) groups is 1. The molecule has 4 nitrogen and oxygen atoms in total. The number of phenolic OH excluding ortho intramolecular Hbond substituents is 2. The van der Waals surface area contributed by atoms with E-state index in [1.54, 1.807) is 30.3 Å². The van der Waals surface area contributed by atoms with Gasteiger partial charge in [0.25, 0.3) is 0 Å². The summed E-state index contributed by atoms with van der Waals surface area (Å²) in [5, 5.41) is 19.1. The van der Waals surface area contributed by atoms with Gasteiger partial charge in [-0.15, -0.1) is 0 Å². The lowest BCUT2D eigenvalue weighted by Gasteiger charge is -2.26. The fraction of sp³-hybridized carbons (Fsp3) is 0.188. The molecule has 20 heavy (non-hydrogen) atoms. The molecule has 1 aliphatic heterocycles. The van der Waals surface area contributed by atoms with Gasteiger partial charge in [0.15, 0.2) is 0 Å². The summed E-state index contributed by atoms with van der Waals surface area (Å²) in [7, 11) is 0. The van der Waals surface area contributed by atoms with Crippen LogP contribution in [0.2, 0.25) is 0 Å². The monoisotopic (exact) mass is 270 g/mol. The average Bonchev–Trinajstić information content (AvgIpc) is 2.43.